The Balaban J connectivity index is 1.78. The van der Waals surface area contributed by atoms with Gasteiger partial charge < -0.3 is 10.1 Å². The van der Waals surface area contributed by atoms with Crippen LogP contribution in [0.4, 0.5) is 20.6 Å². The van der Waals surface area contributed by atoms with E-state index in [0.717, 1.165) is 6.07 Å². The molecule has 1 fully saturated rings. The number of hydrogen-bond acceptors (Lipinski definition) is 4. The van der Waals surface area contributed by atoms with Crippen molar-refractivity contribution in [3.63, 3.8) is 0 Å². The number of cyclic esters (lactones) is 1. The number of carbonyl (C=O) groups is 2. The molecule has 1 aromatic carbocycles. The molecule has 2 aromatic rings. The van der Waals surface area contributed by atoms with Crippen LogP contribution in [0.1, 0.15) is 23.7 Å². The number of hydrogen-bond donors (Lipinski definition) is 1. The van der Waals surface area contributed by atoms with Crippen LogP contribution in [0.5, 0.6) is 0 Å². The first-order valence-corrected chi connectivity index (χ1v) is 7.57. The highest BCUT2D eigenvalue weighted by molar-refractivity contribution is 6.04. The third kappa shape index (κ3) is 3.19. The highest BCUT2D eigenvalue weighted by Crippen LogP contribution is 2.25. The van der Waals surface area contributed by atoms with Crippen molar-refractivity contribution in [1.82, 2.24) is 4.98 Å². The third-order valence-electron chi connectivity index (χ3n) is 3.76. The molecule has 0 spiro atoms. The summed E-state index contributed by atoms with van der Waals surface area (Å²) in [5, 5.41) is 2.57. The van der Waals surface area contributed by atoms with Crippen molar-refractivity contribution < 1.29 is 18.7 Å². The molecule has 1 atom stereocenters. The summed E-state index contributed by atoms with van der Waals surface area (Å²) in [6, 6.07) is 7.36. The number of halogens is 1. The van der Waals surface area contributed by atoms with Gasteiger partial charge in [0.2, 0.25) is 0 Å². The monoisotopic (exact) mass is 329 g/mol. The van der Waals surface area contributed by atoms with Gasteiger partial charge in [0.25, 0.3) is 5.91 Å². The van der Waals surface area contributed by atoms with E-state index in [0.29, 0.717) is 24.3 Å². The molecule has 2 amide bonds. The number of nitrogens with zero attached hydrogens (tertiary/aromatic N) is 2. The first kappa shape index (κ1) is 15.9. The van der Waals surface area contributed by atoms with Gasteiger partial charge in [-0.2, -0.15) is 0 Å². The standard InChI is InChI=1S/C17H16FN3O3/c1-2-13-10-21(17(23)24-13)12-5-6-14(15(18)8-12)16(22)20-11-4-3-7-19-9-11/h3-9,13H,2,10H2,1H3,(H,20,22). The van der Waals surface area contributed by atoms with E-state index in [1.54, 1.807) is 18.3 Å². The Morgan fingerprint density at radius 2 is 2.29 bits per heavy atom. The molecule has 1 aliphatic heterocycles. The Labute approximate surface area is 138 Å². The number of aromatic nitrogens is 1. The van der Waals surface area contributed by atoms with Crippen LogP contribution in [0.2, 0.25) is 0 Å². The van der Waals surface area contributed by atoms with E-state index in [1.165, 1.54) is 23.2 Å². The van der Waals surface area contributed by atoms with Gasteiger partial charge in [0, 0.05) is 6.20 Å². The quantitative estimate of drug-likeness (QED) is 0.935. The average Bonchev–Trinajstić information content (AvgIpc) is 2.96. The van der Waals surface area contributed by atoms with Crippen LogP contribution in [0, 0.1) is 5.82 Å². The molecule has 0 saturated carbocycles. The number of ether oxygens (including phenoxy) is 1. The summed E-state index contributed by atoms with van der Waals surface area (Å²) < 4.78 is 19.5. The fourth-order valence-electron chi connectivity index (χ4n) is 2.44. The van der Waals surface area contributed by atoms with Crippen molar-refractivity contribution in [2.45, 2.75) is 19.4 Å². The molecular formula is C17H16FN3O3. The number of pyridine rings is 1. The van der Waals surface area contributed by atoms with Gasteiger partial charge in [-0.15, -0.1) is 0 Å². The van der Waals surface area contributed by atoms with E-state index in [9.17, 15) is 14.0 Å². The normalized spacial score (nSPS) is 16.8. The Hall–Kier alpha value is -2.96. The third-order valence-corrected chi connectivity index (χ3v) is 3.76. The molecule has 1 saturated heterocycles. The van der Waals surface area contributed by atoms with Crippen LogP contribution in [0.3, 0.4) is 0 Å². The molecule has 1 unspecified atom stereocenters. The van der Waals surface area contributed by atoms with Gasteiger partial charge in [0.05, 0.1) is 29.7 Å². The summed E-state index contributed by atoms with van der Waals surface area (Å²) in [5.74, 6) is -1.29. The van der Waals surface area contributed by atoms with Gasteiger partial charge in [0.15, 0.2) is 0 Å². The first-order chi connectivity index (χ1) is 11.6. The van der Waals surface area contributed by atoms with Gasteiger partial charge in [-0.3, -0.25) is 14.7 Å². The Kier molecular flexibility index (Phi) is 4.41. The van der Waals surface area contributed by atoms with E-state index in [4.69, 9.17) is 4.74 Å². The van der Waals surface area contributed by atoms with Gasteiger partial charge in [-0.25, -0.2) is 9.18 Å². The predicted molar refractivity (Wildman–Crippen MR) is 86.5 cm³/mol. The highest BCUT2D eigenvalue weighted by Gasteiger charge is 2.31. The molecule has 1 N–H and O–H groups in total. The summed E-state index contributed by atoms with van der Waals surface area (Å²) in [5.41, 5.74) is 0.730. The SMILES string of the molecule is CCC1CN(c2ccc(C(=O)Nc3cccnc3)c(F)c2)C(=O)O1. The number of carbonyl (C=O) groups excluding carboxylic acids is 2. The smallest absolute Gasteiger partial charge is 0.414 e. The van der Waals surface area contributed by atoms with E-state index < -0.39 is 17.8 Å². The van der Waals surface area contributed by atoms with Crippen LogP contribution < -0.4 is 10.2 Å². The number of amides is 2. The molecule has 1 aliphatic rings. The molecule has 0 radical (unpaired) electrons. The predicted octanol–water partition coefficient (Wildman–Crippen LogP) is 3.21. The average molecular weight is 329 g/mol. The Morgan fingerprint density at radius 3 is 2.92 bits per heavy atom. The van der Waals surface area contributed by atoms with Crippen molar-refractivity contribution in [1.29, 1.82) is 0 Å². The van der Waals surface area contributed by atoms with Gasteiger partial charge in [0.1, 0.15) is 11.9 Å². The summed E-state index contributed by atoms with van der Waals surface area (Å²) >= 11 is 0. The number of rotatable bonds is 4. The molecule has 3 rings (SSSR count). The van der Waals surface area contributed by atoms with Crippen LogP contribution in [-0.2, 0) is 4.74 Å². The zero-order chi connectivity index (χ0) is 17.1. The molecule has 0 bridgehead atoms. The number of nitrogens with one attached hydrogen (secondary N) is 1. The minimum absolute atomic E-state index is 0.109. The van der Waals surface area contributed by atoms with E-state index >= 15 is 0 Å². The van der Waals surface area contributed by atoms with Crippen LogP contribution in [0.25, 0.3) is 0 Å². The molecule has 1 aromatic heterocycles. The van der Waals surface area contributed by atoms with Crippen molar-refractivity contribution in [2.24, 2.45) is 0 Å². The second kappa shape index (κ2) is 6.66. The molecule has 6 nitrogen and oxygen atoms in total. The molecule has 7 heteroatoms. The minimum atomic E-state index is -0.707. The van der Waals surface area contributed by atoms with Crippen molar-refractivity contribution in [3.05, 3.63) is 54.1 Å². The van der Waals surface area contributed by atoms with Crippen LogP contribution >= 0.6 is 0 Å². The summed E-state index contributed by atoms with van der Waals surface area (Å²) in [6.07, 6.45) is 3.03. The van der Waals surface area contributed by atoms with E-state index in [1.807, 2.05) is 6.92 Å². The fourth-order valence-corrected chi connectivity index (χ4v) is 2.44. The highest BCUT2D eigenvalue weighted by atomic mass is 19.1. The van der Waals surface area contributed by atoms with E-state index in [2.05, 4.69) is 10.3 Å². The van der Waals surface area contributed by atoms with Crippen molar-refractivity contribution in [3.8, 4) is 0 Å². The molecule has 2 heterocycles. The maximum atomic E-state index is 14.3. The van der Waals surface area contributed by atoms with Crippen molar-refractivity contribution >= 4 is 23.4 Å². The summed E-state index contributed by atoms with van der Waals surface area (Å²) in [7, 11) is 0. The van der Waals surface area contributed by atoms with E-state index in [-0.39, 0.29) is 11.7 Å². The zero-order valence-electron chi connectivity index (χ0n) is 13.0. The van der Waals surface area contributed by atoms with Gasteiger partial charge in [-0.1, -0.05) is 6.92 Å². The van der Waals surface area contributed by atoms with Crippen molar-refractivity contribution in [2.75, 3.05) is 16.8 Å². The number of benzene rings is 1. The lowest BCUT2D eigenvalue weighted by atomic mass is 10.1. The Morgan fingerprint density at radius 1 is 1.46 bits per heavy atom. The molecule has 0 aliphatic carbocycles. The second-order valence-corrected chi connectivity index (χ2v) is 5.38. The summed E-state index contributed by atoms with van der Waals surface area (Å²) in [6.45, 7) is 2.28. The fraction of sp³-hybridized carbons (Fsp3) is 0.235. The molecular weight excluding hydrogens is 313 g/mol. The largest absolute Gasteiger partial charge is 0.444 e. The maximum Gasteiger partial charge on any atom is 0.414 e. The molecule has 24 heavy (non-hydrogen) atoms. The van der Waals surface area contributed by atoms with Crippen LogP contribution in [0.15, 0.2) is 42.7 Å². The first-order valence-electron chi connectivity index (χ1n) is 7.57. The lowest BCUT2D eigenvalue weighted by Crippen LogP contribution is -2.25. The van der Waals surface area contributed by atoms with Gasteiger partial charge >= 0.3 is 6.09 Å². The minimum Gasteiger partial charge on any atom is -0.444 e. The lowest BCUT2D eigenvalue weighted by Gasteiger charge is -2.14. The number of anilines is 2. The van der Waals surface area contributed by atoms with Gasteiger partial charge in [-0.05, 0) is 36.8 Å². The topological polar surface area (TPSA) is 71.5 Å². The summed E-state index contributed by atoms with van der Waals surface area (Å²) in [4.78, 5) is 29.2. The lowest BCUT2D eigenvalue weighted by molar-refractivity contribution is 0.102. The zero-order valence-corrected chi connectivity index (χ0v) is 13.0. The van der Waals surface area contributed by atoms with Crippen LogP contribution in [-0.4, -0.2) is 29.6 Å². The molecule has 124 valence electrons. The second-order valence-electron chi connectivity index (χ2n) is 5.38. The Bertz CT molecular complexity index is 767. The maximum absolute atomic E-state index is 14.3.